The Labute approximate surface area is 90.5 Å². The molecule has 0 spiro atoms. The van der Waals surface area contributed by atoms with Crippen LogP contribution in [0.15, 0.2) is 24.7 Å². The van der Waals surface area contributed by atoms with Crippen molar-refractivity contribution in [1.82, 2.24) is 20.0 Å². The number of nitrogens with zero attached hydrogens (tertiary/aromatic N) is 6. The molecular weight excluding hydrogens is 208 g/mol. The minimum atomic E-state index is 0.247. The van der Waals surface area contributed by atoms with Gasteiger partial charge in [0, 0.05) is 15.7 Å². The van der Waals surface area contributed by atoms with Crippen molar-refractivity contribution in [3.63, 3.8) is 0 Å². The van der Waals surface area contributed by atoms with Crippen LogP contribution in [-0.4, -0.2) is 31.8 Å². The Hall–Kier alpha value is -2.62. The van der Waals surface area contributed by atoms with E-state index in [-0.39, 0.29) is 5.56 Å². The van der Waals surface area contributed by atoms with E-state index in [4.69, 9.17) is 5.26 Å². The largest absolute Gasteiger partial charge is 0.275 e. The first-order valence-electron chi connectivity index (χ1n) is 4.40. The lowest BCUT2D eigenvalue weighted by Crippen LogP contribution is -2.05. The summed E-state index contributed by atoms with van der Waals surface area (Å²) in [6.45, 7) is 0. The molecule has 0 amide bonds. The van der Waals surface area contributed by atoms with Crippen LogP contribution in [0.5, 0.6) is 0 Å². The first kappa shape index (κ1) is 9.92. The Morgan fingerprint density at radius 1 is 1.44 bits per heavy atom. The third-order valence-electron chi connectivity index (χ3n) is 1.94. The number of rotatable bonds is 2. The molecule has 0 aromatic carbocycles. The maximum atomic E-state index is 11.0. The maximum Gasteiger partial charge on any atom is 0.275 e. The summed E-state index contributed by atoms with van der Waals surface area (Å²) in [5.74, 6) is 0.304. The average molecular weight is 215 g/mol. The van der Waals surface area contributed by atoms with Crippen molar-refractivity contribution in [2.75, 3.05) is 7.05 Å². The first-order chi connectivity index (χ1) is 7.72. The Morgan fingerprint density at radius 2 is 2.12 bits per heavy atom. The van der Waals surface area contributed by atoms with Crippen molar-refractivity contribution in [3.05, 3.63) is 35.1 Å². The summed E-state index contributed by atoms with van der Waals surface area (Å²) in [6, 6.07) is 3.39. The van der Waals surface area contributed by atoms with Crippen LogP contribution in [0.3, 0.4) is 0 Å². The van der Waals surface area contributed by atoms with E-state index in [2.05, 4.69) is 15.2 Å². The van der Waals surface area contributed by atoms with E-state index in [1.807, 2.05) is 6.07 Å². The fraction of sp³-hybridized carbons (Fsp3) is 0.111. The van der Waals surface area contributed by atoms with Gasteiger partial charge in [-0.1, -0.05) is 0 Å². The summed E-state index contributed by atoms with van der Waals surface area (Å²) in [5.41, 5.74) is 0.559. The molecule has 7 heteroatoms. The van der Waals surface area contributed by atoms with Gasteiger partial charge in [-0.15, -0.1) is 4.80 Å². The van der Waals surface area contributed by atoms with E-state index in [1.165, 1.54) is 36.5 Å². The van der Waals surface area contributed by atoms with Crippen LogP contribution in [0.2, 0.25) is 0 Å². The van der Waals surface area contributed by atoms with Gasteiger partial charge in [0.25, 0.3) is 5.69 Å². The molecule has 0 radical (unpaired) electrons. The third kappa shape index (κ3) is 1.64. The normalized spacial score (nSPS) is 9.75. The Kier molecular flexibility index (Phi) is 2.39. The Balaban J connectivity index is 2.57. The molecule has 0 atom stereocenters. The highest BCUT2D eigenvalue weighted by atomic mass is 16.3. The van der Waals surface area contributed by atoms with E-state index in [0.29, 0.717) is 16.3 Å². The maximum absolute atomic E-state index is 11.0. The van der Waals surface area contributed by atoms with Crippen LogP contribution in [0.25, 0.3) is 5.82 Å². The van der Waals surface area contributed by atoms with Crippen molar-refractivity contribution in [2.45, 2.75) is 0 Å². The van der Waals surface area contributed by atoms with Crippen LogP contribution >= 0.6 is 0 Å². The van der Waals surface area contributed by atoms with E-state index in [1.54, 1.807) is 0 Å². The molecule has 78 valence electrons. The van der Waals surface area contributed by atoms with E-state index in [0.717, 1.165) is 0 Å². The van der Waals surface area contributed by atoms with Gasteiger partial charge in [0.15, 0.2) is 12.9 Å². The second-order valence-corrected chi connectivity index (χ2v) is 2.99. The number of nitroso groups, excluding NO2 is 1. The van der Waals surface area contributed by atoms with Crippen LogP contribution in [0, 0.1) is 16.2 Å². The lowest BCUT2D eigenvalue weighted by molar-refractivity contribution is -0.428. The van der Waals surface area contributed by atoms with Crippen molar-refractivity contribution in [2.24, 2.45) is 0 Å². The predicted molar refractivity (Wildman–Crippen MR) is 53.1 cm³/mol. The minimum Gasteiger partial charge on any atom is -0.227 e. The molecule has 0 saturated heterocycles. The highest BCUT2D eigenvalue weighted by Crippen LogP contribution is 2.15. The molecule has 2 rings (SSSR count). The molecule has 0 aliphatic heterocycles. The van der Waals surface area contributed by atoms with Gasteiger partial charge in [0.1, 0.15) is 17.8 Å². The first-order valence-corrected chi connectivity index (χ1v) is 4.40. The minimum absolute atomic E-state index is 0.247. The topological polar surface area (TPSA) is 87.5 Å². The van der Waals surface area contributed by atoms with Crippen molar-refractivity contribution in [3.8, 4) is 11.9 Å². The van der Waals surface area contributed by atoms with Gasteiger partial charge in [-0.25, -0.2) is 4.98 Å². The standard InChI is InChI=1S/C9H7N6O/c1-14(16)8-4-7(5-10)9(11-6-8)15-12-2-3-13-15/h2-4,6H,1H3/q+1. The zero-order chi connectivity index (χ0) is 11.5. The molecule has 0 saturated carbocycles. The fourth-order valence-electron chi connectivity index (χ4n) is 1.19. The van der Waals surface area contributed by atoms with E-state index >= 15 is 0 Å². The highest BCUT2D eigenvalue weighted by molar-refractivity contribution is 5.47. The SMILES string of the molecule is C[N+](=O)c1cnc(-n2nccn2)c(C#N)c1. The van der Waals surface area contributed by atoms with Gasteiger partial charge < -0.3 is 0 Å². The number of aromatic nitrogens is 4. The number of nitriles is 1. The van der Waals surface area contributed by atoms with Crippen LogP contribution in [0.1, 0.15) is 5.56 Å². The fourth-order valence-corrected chi connectivity index (χ4v) is 1.19. The molecule has 0 aliphatic rings. The molecule has 2 heterocycles. The Morgan fingerprint density at radius 3 is 2.69 bits per heavy atom. The van der Waals surface area contributed by atoms with Gasteiger partial charge in [0.2, 0.25) is 0 Å². The van der Waals surface area contributed by atoms with Gasteiger partial charge in [-0.05, 0) is 0 Å². The van der Waals surface area contributed by atoms with Crippen molar-refractivity contribution in [1.29, 1.82) is 5.26 Å². The van der Waals surface area contributed by atoms with Crippen LogP contribution in [0.4, 0.5) is 5.69 Å². The quantitative estimate of drug-likeness (QED) is 0.683. The van der Waals surface area contributed by atoms with Gasteiger partial charge in [-0.3, -0.25) is 0 Å². The summed E-state index contributed by atoms with van der Waals surface area (Å²) in [4.78, 5) is 16.3. The molecule has 7 nitrogen and oxygen atoms in total. The van der Waals surface area contributed by atoms with Crippen LogP contribution < -0.4 is 0 Å². The second kappa shape index (κ2) is 3.86. The zero-order valence-corrected chi connectivity index (χ0v) is 8.40. The molecule has 0 N–H and O–H groups in total. The molecule has 0 fully saturated rings. The van der Waals surface area contributed by atoms with Crippen LogP contribution in [-0.2, 0) is 0 Å². The Bertz CT molecular complexity index is 568. The summed E-state index contributed by atoms with van der Waals surface area (Å²) in [5, 5.41) is 16.7. The lowest BCUT2D eigenvalue weighted by atomic mass is 10.2. The number of hydrogen-bond donors (Lipinski definition) is 0. The summed E-state index contributed by atoms with van der Waals surface area (Å²) < 4.78 is 0.633. The van der Waals surface area contributed by atoms with E-state index < -0.39 is 0 Å². The predicted octanol–water partition coefficient (Wildman–Crippen LogP) is 0.574. The van der Waals surface area contributed by atoms with Crippen molar-refractivity contribution < 1.29 is 4.76 Å². The smallest absolute Gasteiger partial charge is 0.227 e. The summed E-state index contributed by atoms with van der Waals surface area (Å²) in [6.07, 6.45) is 4.33. The molecule has 0 unspecified atom stereocenters. The number of hydrogen-bond acceptors (Lipinski definition) is 5. The monoisotopic (exact) mass is 215 g/mol. The second-order valence-electron chi connectivity index (χ2n) is 2.99. The van der Waals surface area contributed by atoms with Gasteiger partial charge in [-0.2, -0.15) is 15.5 Å². The third-order valence-corrected chi connectivity index (χ3v) is 1.94. The molecule has 2 aromatic heterocycles. The molecular formula is C9H7N6O+. The summed E-state index contributed by atoms with van der Waals surface area (Å²) >= 11 is 0. The van der Waals surface area contributed by atoms with Gasteiger partial charge in [0.05, 0.1) is 12.4 Å². The summed E-state index contributed by atoms with van der Waals surface area (Å²) in [7, 11) is 1.34. The zero-order valence-electron chi connectivity index (χ0n) is 8.40. The van der Waals surface area contributed by atoms with E-state index in [9.17, 15) is 4.91 Å². The highest BCUT2D eigenvalue weighted by Gasteiger charge is 2.14. The van der Waals surface area contributed by atoms with Gasteiger partial charge >= 0.3 is 0 Å². The average Bonchev–Trinajstić information content (AvgIpc) is 2.81. The molecule has 0 aliphatic carbocycles. The molecule has 0 bridgehead atoms. The lowest BCUT2D eigenvalue weighted by Gasteiger charge is -1.99. The molecule has 16 heavy (non-hydrogen) atoms. The van der Waals surface area contributed by atoms with Crippen molar-refractivity contribution >= 4 is 5.69 Å². The molecule has 2 aromatic rings. The number of pyridine rings is 1.